The van der Waals surface area contributed by atoms with E-state index < -0.39 is 0 Å². The van der Waals surface area contributed by atoms with Gasteiger partial charge in [0.05, 0.1) is 0 Å². The summed E-state index contributed by atoms with van der Waals surface area (Å²) in [4.78, 5) is 5.12. The molecule has 2 unspecified atom stereocenters. The fourth-order valence-corrected chi connectivity index (χ4v) is 3.65. The Morgan fingerprint density at radius 3 is 2.12 bits per heavy atom. The van der Waals surface area contributed by atoms with E-state index in [-0.39, 0.29) is 0 Å². The van der Waals surface area contributed by atoms with E-state index in [1.807, 2.05) is 0 Å². The van der Waals surface area contributed by atoms with Crippen LogP contribution >= 0.6 is 0 Å². The van der Waals surface area contributed by atoms with E-state index in [1.54, 1.807) is 0 Å². The van der Waals surface area contributed by atoms with Crippen LogP contribution in [0, 0.1) is 23.7 Å². The van der Waals surface area contributed by atoms with Gasteiger partial charge in [0, 0.05) is 25.7 Å². The van der Waals surface area contributed by atoms with Crippen molar-refractivity contribution >= 4 is 0 Å². The zero-order valence-corrected chi connectivity index (χ0v) is 12.3. The number of rotatable bonds is 6. The molecule has 2 fully saturated rings. The standard InChI is InChI=1S/C15H30N2/c1-11(2)15(13-6-7-13)14(16(4)5)10-17-8-12(3)9-17/h11-15H,6-10H2,1-5H3. The molecule has 1 saturated carbocycles. The van der Waals surface area contributed by atoms with E-state index in [9.17, 15) is 0 Å². The van der Waals surface area contributed by atoms with Gasteiger partial charge in [-0.3, -0.25) is 0 Å². The molecule has 2 aliphatic rings. The maximum atomic E-state index is 2.65. The van der Waals surface area contributed by atoms with E-state index in [1.165, 1.54) is 32.5 Å². The topological polar surface area (TPSA) is 6.48 Å². The molecule has 0 aromatic carbocycles. The van der Waals surface area contributed by atoms with Gasteiger partial charge in [-0.05, 0) is 50.6 Å². The molecule has 17 heavy (non-hydrogen) atoms. The van der Waals surface area contributed by atoms with Gasteiger partial charge in [0.15, 0.2) is 0 Å². The zero-order chi connectivity index (χ0) is 12.6. The lowest BCUT2D eigenvalue weighted by Gasteiger charge is -2.44. The first-order chi connectivity index (χ1) is 7.99. The number of nitrogens with zero attached hydrogens (tertiary/aromatic N) is 2. The molecule has 0 spiro atoms. The molecule has 100 valence electrons. The number of likely N-dealkylation sites (N-methyl/N-ethyl adjacent to an activating group) is 1. The Labute approximate surface area is 107 Å². The van der Waals surface area contributed by atoms with Crippen molar-refractivity contribution in [3.8, 4) is 0 Å². The molecule has 0 aromatic heterocycles. The Hall–Kier alpha value is -0.0800. The third-order valence-electron chi connectivity index (χ3n) is 4.63. The number of likely N-dealkylation sites (tertiary alicyclic amines) is 1. The highest BCUT2D eigenvalue weighted by molar-refractivity contribution is 4.93. The number of hydrogen-bond acceptors (Lipinski definition) is 2. The van der Waals surface area contributed by atoms with Crippen LogP contribution in [0.3, 0.4) is 0 Å². The molecule has 2 atom stereocenters. The maximum Gasteiger partial charge on any atom is 0.0250 e. The Morgan fingerprint density at radius 1 is 1.18 bits per heavy atom. The van der Waals surface area contributed by atoms with E-state index >= 15 is 0 Å². The molecule has 0 bridgehead atoms. The van der Waals surface area contributed by atoms with Crippen molar-refractivity contribution < 1.29 is 0 Å². The lowest BCUT2D eigenvalue weighted by atomic mass is 9.82. The highest BCUT2D eigenvalue weighted by atomic mass is 15.2. The monoisotopic (exact) mass is 238 g/mol. The summed E-state index contributed by atoms with van der Waals surface area (Å²) in [6.07, 6.45) is 2.95. The smallest absolute Gasteiger partial charge is 0.0250 e. The van der Waals surface area contributed by atoms with Crippen molar-refractivity contribution in [3.05, 3.63) is 0 Å². The minimum absolute atomic E-state index is 0.759. The second kappa shape index (κ2) is 5.27. The highest BCUT2D eigenvalue weighted by Crippen LogP contribution is 2.43. The molecule has 1 saturated heterocycles. The molecule has 2 nitrogen and oxygen atoms in total. The first-order valence-corrected chi connectivity index (χ1v) is 7.37. The van der Waals surface area contributed by atoms with Gasteiger partial charge in [-0.2, -0.15) is 0 Å². The molecule has 1 heterocycles. The van der Waals surface area contributed by atoms with E-state index in [4.69, 9.17) is 0 Å². The number of hydrogen-bond donors (Lipinski definition) is 0. The highest BCUT2D eigenvalue weighted by Gasteiger charge is 2.40. The maximum absolute atomic E-state index is 2.65. The van der Waals surface area contributed by atoms with Crippen LogP contribution in [-0.4, -0.2) is 49.6 Å². The molecular formula is C15H30N2. The van der Waals surface area contributed by atoms with Gasteiger partial charge < -0.3 is 9.80 Å². The van der Waals surface area contributed by atoms with Gasteiger partial charge >= 0.3 is 0 Å². The summed E-state index contributed by atoms with van der Waals surface area (Å²) in [5.74, 6) is 3.67. The molecule has 0 radical (unpaired) electrons. The molecule has 0 amide bonds. The second-order valence-corrected chi connectivity index (χ2v) is 7.01. The minimum atomic E-state index is 0.759. The summed E-state index contributed by atoms with van der Waals surface area (Å²) < 4.78 is 0. The lowest BCUT2D eigenvalue weighted by Crippen LogP contribution is -2.54. The fraction of sp³-hybridized carbons (Fsp3) is 1.00. The first kappa shape index (κ1) is 13.4. The second-order valence-electron chi connectivity index (χ2n) is 7.01. The van der Waals surface area contributed by atoms with E-state index in [2.05, 4.69) is 44.7 Å². The van der Waals surface area contributed by atoms with Crippen LogP contribution in [0.15, 0.2) is 0 Å². The van der Waals surface area contributed by atoms with Gasteiger partial charge in [-0.1, -0.05) is 20.8 Å². The molecule has 0 aromatic rings. The first-order valence-electron chi connectivity index (χ1n) is 7.37. The quantitative estimate of drug-likeness (QED) is 0.702. The summed E-state index contributed by atoms with van der Waals surface area (Å²) >= 11 is 0. The Morgan fingerprint density at radius 2 is 1.76 bits per heavy atom. The molecular weight excluding hydrogens is 208 g/mol. The minimum Gasteiger partial charge on any atom is -0.305 e. The lowest BCUT2D eigenvalue weighted by molar-refractivity contribution is 0.0446. The van der Waals surface area contributed by atoms with Crippen LogP contribution in [0.2, 0.25) is 0 Å². The van der Waals surface area contributed by atoms with Crippen LogP contribution in [-0.2, 0) is 0 Å². The summed E-state index contributed by atoms with van der Waals surface area (Å²) in [7, 11) is 4.54. The van der Waals surface area contributed by atoms with Crippen LogP contribution < -0.4 is 0 Å². The summed E-state index contributed by atoms with van der Waals surface area (Å²) in [6, 6.07) is 0.759. The summed E-state index contributed by atoms with van der Waals surface area (Å²) in [5, 5.41) is 0. The normalized spacial score (nSPS) is 26.3. The molecule has 0 N–H and O–H groups in total. The van der Waals surface area contributed by atoms with Crippen molar-refractivity contribution in [2.75, 3.05) is 33.7 Å². The fourth-order valence-electron chi connectivity index (χ4n) is 3.65. The Kier molecular flexibility index (Phi) is 4.14. The van der Waals surface area contributed by atoms with Crippen molar-refractivity contribution in [1.29, 1.82) is 0 Å². The SMILES string of the molecule is CC1CN(CC(C(C(C)C)C2CC2)N(C)C)C1. The zero-order valence-electron chi connectivity index (χ0n) is 12.3. The van der Waals surface area contributed by atoms with E-state index in [0.29, 0.717) is 0 Å². The van der Waals surface area contributed by atoms with Crippen LogP contribution in [0.4, 0.5) is 0 Å². The van der Waals surface area contributed by atoms with Gasteiger partial charge in [0.25, 0.3) is 0 Å². The van der Waals surface area contributed by atoms with Crippen molar-refractivity contribution in [1.82, 2.24) is 9.80 Å². The van der Waals surface area contributed by atoms with Crippen molar-refractivity contribution in [3.63, 3.8) is 0 Å². The van der Waals surface area contributed by atoms with Crippen LogP contribution in [0.25, 0.3) is 0 Å². The molecule has 2 rings (SSSR count). The van der Waals surface area contributed by atoms with Gasteiger partial charge in [0.2, 0.25) is 0 Å². The molecule has 2 heteroatoms. The predicted molar refractivity (Wildman–Crippen MR) is 74.1 cm³/mol. The van der Waals surface area contributed by atoms with Gasteiger partial charge in [-0.15, -0.1) is 0 Å². The third kappa shape index (κ3) is 3.23. The molecule has 1 aliphatic carbocycles. The van der Waals surface area contributed by atoms with E-state index in [0.717, 1.165) is 29.7 Å². The average molecular weight is 238 g/mol. The van der Waals surface area contributed by atoms with Crippen LogP contribution in [0.5, 0.6) is 0 Å². The Bertz CT molecular complexity index is 237. The van der Waals surface area contributed by atoms with Crippen molar-refractivity contribution in [2.24, 2.45) is 23.7 Å². The van der Waals surface area contributed by atoms with Gasteiger partial charge in [-0.25, -0.2) is 0 Å². The summed E-state index contributed by atoms with van der Waals surface area (Å²) in [6.45, 7) is 11.1. The average Bonchev–Trinajstić information content (AvgIpc) is 2.97. The third-order valence-corrected chi connectivity index (χ3v) is 4.63. The predicted octanol–water partition coefficient (Wildman–Crippen LogP) is 2.55. The van der Waals surface area contributed by atoms with Crippen molar-refractivity contribution in [2.45, 2.75) is 39.7 Å². The largest absolute Gasteiger partial charge is 0.305 e. The Balaban J connectivity index is 1.94. The molecule has 1 aliphatic heterocycles. The van der Waals surface area contributed by atoms with Gasteiger partial charge in [0.1, 0.15) is 0 Å². The summed E-state index contributed by atoms with van der Waals surface area (Å²) in [5.41, 5.74) is 0. The van der Waals surface area contributed by atoms with Crippen LogP contribution in [0.1, 0.15) is 33.6 Å².